The highest BCUT2D eigenvalue weighted by molar-refractivity contribution is 5.97. The molecule has 0 heterocycles. The molecule has 0 atom stereocenters. The fourth-order valence-corrected chi connectivity index (χ4v) is 4.44. The second-order valence-electron chi connectivity index (χ2n) is 14.8. The molecule has 2 rings (SSSR count). The molecule has 0 aliphatic heterocycles. The molecule has 15 nitrogen and oxygen atoms in total. The minimum atomic E-state index is -0.826. The largest absolute Gasteiger partial charge is 0.459 e. The van der Waals surface area contributed by atoms with Gasteiger partial charge in [0.2, 0.25) is 0 Å². The number of nitrogens with one attached hydrogen (secondary N) is 2. The summed E-state index contributed by atoms with van der Waals surface area (Å²) >= 11 is 0. The highest BCUT2D eigenvalue weighted by atomic mass is 16.6. The van der Waals surface area contributed by atoms with Crippen molar-refractivity contribution in [2.45, 2.75) is 93.0 Å². The summed E-state index contributed by atoms with van der Waals surface area (Å²) in [7, 11) is 0. The van der Waals surface area contributed by atoms with Crippen molar-refractivity contribution in [1.82, 2.24) is 20.4 Å². The molecule has 0 saturated heterocycles. The van der Waals surface area contributed by atoms with E-state index in [1.807, 2.05) is 0 Å². The number of nitrogens with zero attached hydrogens (tertiary/aromatic N) is 2. The van der Waals surface area contributed by atoms with E-state index in [0.717, 1.165) is 4.90 Å². The molecule has 4 amide bonds. The lowest BCUT2D eigenvalue weighted by molar-refractivity contribution is -0.156. The summed E-state index contributed by atoms with van der Waals surface area (Å²) in [6.45, 7) is 17.6. The average molecular weight is 717 g/mol. The van der Waals surface area contributed by atoms with Crippen LogP contribution in [-0.2, 0) is 23.8 Å². The monoisotopic (exact) mass is 716 g/mol. The predicted octanol–water partition coefficient (Wildman–Crippen LogP) is 5.73. The first-order valence-electron chi connectivity index (χ1n) is 16.5. The van der Waals surface area contributed by atoms with Crippen LogP contribution in [0.25, 0.3) is 10.8 Å². The zero-order valence-corrected chi connectivity index (χ0v) is 31.5. The smallest absolute Gasteiger partial charge is 0.412 e. The fraction of sp³-hybridized carbons (Fsp3) is 0.556. The zero-order valence-electron chi connectivity index (χ0n) is 31.5. The molecule has 0 spiro atoms. The average Bonchev–Trinajstić information content (AvgIpc) is 2.95. The number of hydrogen-bond acceptors (Lipinski definition) is 11. The van der Waals surface area contributed by atoms with Crippen molar-refractivity contribution in [2.75, 3.05) is 39.3 Å². The van der Waals surface area contributed by atoms with E-state index in [-0.39, 0.29) is 56.6 Å². The lowest BCUT2D eigenvalue weighted by Gasteiger charge is -2.28. The summed E-state index contributed by atoms with van der Waals surface area (Å²) in [6.07, 6.45) is -3.06. The molecule has 0 unspecified atom stereocenters. The molecule has 0 fully saturated rings. The Morgan fingerprint density at radius 2 is 1.10 bits per heavy atom. The molecule has 0 radical (unpaired) electrons. The Morgan fingerprint density at radius 3 is 1.57 bits per heavy atom. The van der Waals surface area contributed by atoms with E-state index >= 15 is 0 Å². The maximum Gasteiger partial charge on any atom is 0.412 e. The van der Waals surface area contributed by atoms with Gasteiger partial charge in [0.15, 0.2) is 0 Å². The van der Waals surface area contributed by atoms with Crippen LogP contribution < -0.4 is 20.1 Å². The molecule has 2 N–H and O–H groups in total. The first-order valence-corrected chi connectivity index (χ1v) is 16.5. The van der Waals surface area contributed by atoms with Crippen molar-refractivity contribution in [3.05, 3.63) is 35.9 Å². The number of rotatable bonds is 12. The van der Waals surface area contributed by atoms with Gasteiger partial charge in [0.05, 0.1) is 6.54 Å². The molecule has 282 valence electrons. The first kappa shape index (κ1) is 42.1. The third-order valence-electron chi connectivity index (χ3n) is 6.30. The Hall–Kier alpha value is -5.08. The van der Waals surface area contributed by atoms with Gasteiger partial charge in [-0.15, -0.1) is 0 Å². The van der Waals surface area contributed by atoms with Gasteiger partial charge in [0.1, 0.15) is 40.6 Å². The van der Waals surface area contributed by atoms with E-state index in [1.165, 1.54) is 17.9 Å². The second kappa shape index (κ2) is 17.7. The van der Waals surface area contributed by atoms with Gasteiger partial charge in [0, 0.05) is 37.0 Å². The third kappa shape index (κ3) is 15.6. The highest BCUT2D eigenvalue weighted by Crippen LogP contribution is 2.36. The molecule has 15 heteroatoms. The van der Waals surface area contributed by atoms with Crippen LogP contribution in [0.1, 0.15) is 74.8 Å². The van der Waals surface area contributed by atoms with E-state index in [4.69, 9.17) is 23.7 Å². The number of esters is 1. The summed E-state index contributed by atoms with van der Waals surface area (Å²) in [6, 6.07) is 8.38. The van der Waals surface area contributed by atoms with Crippen LogP contribution >= 0.6 is 0 Å². The SMILES string of the molecule is CC(=O)CN(CCNC(=O)Oc1c(C)cc(OC(=O)NCCN(CC(=O)OC(C)(C)C)C(=O)OC(C)(C)C)c2ccccc12)C(=O)OC(C)(C)C. The van der Waals surface area contributed by atoms with Crippen LogP contribution in [-0.4, -0.2) is 102 Å². The lowest BCUT2D eigenvalue weighted by Crippen LogP contribution is -2.45. The molecule has 0 aromatic heterocycles. The summed E-state index contributed by atoms with van der Waals surface area (Å²) in [5, 5.41) is 6.12. The van der Waals surface area contributed by atoms with Gasteiger partial charge in [0.25, 0.3) is 0 Å². The van der Waals surface area contributed by atoms with Crippen LogP contribution in [0.5, 0.6) is 11.5 Å². The maximum absolute atomic E-state index is 12.9. The number of ether oxygens (including phenoxy) is 5. The van der Waals surface area contributed by atoms with Crippen molar-refractivity contribution in [2.24, 2.45) is 0 Å². The molecule has 0 aliphatic carbocycles. The van der Waals surface area contributed by atoms with Crippen LogP contribution in [0, 0.1) is 6.92 Å². The van der Waals surface area contributed by atoms with Crippen molar-refractivity contribution in [3.8, 4) is 11.5 Å². The predicted molar refractivity (Wildman–Crippen MR) is 189 cm³/mol. The van der Waals surface area contributed by atoms with Gasteiger partial charge in [-0.2, -0.15) is 0 Å². The van der Waals surface area contributed by atoms with E-state index < -0.39 is 47.1 Å². The van der Waals surface area contributed by atoms with Crippen molar-refractivity contribution in [3.63, 3.8) is 0 Å². The van der Waals surface area contributed by atoms with Gasteiger partial charge in [-0.05, 0) is 87.8 Å². The van der Waals surface area contributed by atoms with Gasteiger partial charge in [-0.1, -0.05) is 24.3 Å². The highest BCUT2D eigenvalue weighted by Gasteiger charge is 2.27. The number of carbonyl (C=O) groups is 6. The van der Waals surface area contributed by atoms with Crippen LogP contribution in [0.3, 0.4) is 0 Å². The van der Waals surface area contributed by atoms with Crippen LogP contribution in [0.15, 0.2) is 30.3 Å². The maximum atomic E-state index is 12.9. The number of benzene rings is 2. The molecule has 2 aromatic carbocycles. The van der Waals surface area contributed by atoms with Crippen molar-refractivity contribution in [1.29, 1.82) is 0 Å². The zero-order chi connectivity index (χ0) is 38.7. The van der Waals surface area contributed by atoms with Gasteiger partial charge in [-0.3, -0.25) is 19.4 Å². The lowest BCUT2D eigenvalue weighted by atomic mass is 10.0. The van der Waals surface area contributed by atoms with E-state index in [0.29, 0.717) is 16.3 Å². The second-order valence-corrected chi connectivity index (χ2v) is 14.8. The number of Topliss-reactive ketones (excluding diaryl/α,β-unsaturated/α-hetero) is 1. The number of carbonyl (C=O) groups excluding carboxylic acids is 6. The standard InChI is InChI=1S/C36H52N4O11/c1-23-20-27(47-30(43)37-17-19-40(33(46)51-36(9,10)11)22-28(42)49-34(3,4)5)25-14-12-13-15-26(25)29(23)48-31(44)38-16-18-39(21-24(2)41)32(45)50-35(6,7)8/h12-15,20H,16-19,21-22H2,1-11H3,(H,37,43)(H,38,44). The summed E-state index contributed by atoms with van der Waals surface area (Å²) in [5.41, 5.74) is -1.86. The Morgan fingerprint density at radius 1 is 0.647 bits per heavy atom. The number of amides is 4. The summed E-state index contributed by atoms with van der Waals surface area (Å²) < 4.78 is 27.4. The van der Waals surface area contributed by atoms with E-state index in [2.05, 4.69) is 10.6 Å². The molecule has 0 saturated carbocycles. The summed E-state index contributed by atoms with van der Waals surface area (Å²) in [4.78, 5) is 77.5. The minimum absolute atomic E-state index is 0.00174. The third-order valence-corrected chi connectivity index (χ3v) is 6.30. The Balaban J connectivity index is 2.10. The molecular weight excluding hydrogens is 664 g/mol. The Labute approximate surface area is 299 Å². The number of fused-ring (bicyclic) bond motifs is 1. The van der Waals surface area contributed by atoms with E-state index in [1.54, 1.807) is 93.5 Å². The van der Waals surface area contributed by atoms with Crippen molar-refractivity contribution >= 4 is 46.9 Å². The fourth-order valence-electron chi connectivity index (χ4n) is 4.44. The quantitative estimate of drug-likeness (QED) is 0.202. The molecule has 51 heavy (non-hydrogen) atoms. The minimum Gasteiger partial charge on any atom is -0.459 e. The molecular formula is C36H52N4O11. The number of aryl methyl sites for hydroxylation is 1. The number of hydrogen-bond donors (Lipinski definition) is 2. The molecule has 0 bridgehead atoms. The molecule has 2 aromatic rings. The van der Waals surface area contributed by atoms with Gasteiger partial charge in [-0.25, -0.2) is 19.2 Å². The summed E-state index contributed by atoms with van der Waals surface area (Å²) in [5.74, 6) is -0.478. The van der Waals surface area contributed by atoms with Crippen molar-refractivity contribution < 1.29 is 52.5 Å². The Bertz CT molecular complexity index is 1590. The van der Waals surface area contributed by atoms with Crippen LogP contribution in [0.2, 0.25) is 0 Å². The van der Waals surface area contributed by atoms with Gasteiger partial charge >= 0.3 is 30.3 Å². The Kier molecular flexibility index (Phi) is 14.6. The van der Waals surface area contributed by atoms with Gasteiger partial charge < -0.3 is 34.3 Å². The normalized spacial score (nSPS) is 11.6. The van der Waals surface area contributed by atoms with Crippen LogP contribution in [0.4, 0.5) is 19.2 Å². The first-order chi connectivity index (χ1) is 23.4. The van der Waals surface area contributed by atoms with E-state index in [9.17, 15) is 28.8 Å². The number of ketones is 1. The molecule has 0 aliphatic rings. The topological polar surface area (TPSA) is 179 Å².